The highest BCUT2D eigenvalue weighted by molar-refractivity contribution is 9.10. The number of nitrogens with one attached hydrogen (secondary N) is 1. The number of hydrogen-bond acceptors (Lipinski definition) is 4. The summed E-state index contributed by atoms with van der Waals surface area (Å²) in [6, 6.07) is 11.1. The van der Waals surface area contributed by atoms with Gasteiger partial charge in [-0.25, -0.2) is 4.79 Å². The van der Waals surface area contributed by atoms with Crippen LogP contribution in [0.25, 0.3) is 11.6 Å². The molecule has 4 rings (SSSR count). The number of fused-ring (bicyclic) bond motifs is 1. The minimum atomic E-state index is -0.513. The summed E-state index contributed by atoms with van der Waals surface area (Å²) in [5.41, 5.74) is 2.35. The summed E-state index contributed by atoms with van der Waals surface area (Å²) in [4.78, 5) is 26.7. The summed E-state index contributed by atoms with van der Waals surface area (Å²) in [6.07, 6.45) is 2.91. The van der Waals surface area contributed by atoms with Crippen LogP contribution in [0.3, 0.4) is 0 Å². The molecule has 0 radical (unpaired) electrons. The van der Waals surface area contributed by atoms with Crippen molar-refractivity contribution in [1.29, 1.82) is 0 Å². The van der Waals surface area contributed by atoms with Crippen LogP contribution < -0.4 is 10.1 Å². The van der Waals surface area contributed by atoms with Gasteiger partial charge in [-0.2, -0.15) is 0 Å². The quantitative estimate of drug-likeness (QED) is 0.465. The van der Waals surface area contributed by atoms with E-state index in [0.29, 0.717) is 48.0 Å². The highest BCUT2D eigenvalue weighted by Crippen LogP contribution is 2.37. The summed E-state index contributed by atoms with van der Waals surface area (Å²) in [5, 5.41) is 3.43. The summed E-state index contributed by atoms with van der Waals surface area (Å²) in [6.45, 7) is 6.73. The first-order valence-corrected chi connectivity index (χ1v) is 12.0. The van der Waals surface area contributed by atoms with E-state index in [4.69, 9.17) is 21.1 Å². The van der Waals surface area contributed by atoms with Crippen LogP contribution in [0.1, 0.15) is 44.7 Å². The predicted molar refractivity (Wildman–Crippen MR) is 134 cm³/mol. The van der Waals surface area contributed by atoms with Gasteiger partial charge in [0.1, 0.15) is 17.5 Å². The number of halogens is 2. The molecular formula is C25H26BrClN2O4. The molecule has 1 saturated heterocycles. The van der Waals surface area contributed by atoms with E-state index in [9.17, 15) is 9.59 Å². The van der Waals surface area contributed by atoms with Gasteiger partial charge in [0.15, 0.2) is 0 Å². The maximum Gasteiger partial charge on any atom is 0.410 e. The van der Waals surface area contributed by atoms with Gasteiger partial charge in [0.25, 0.3) is 5.91 Å². The standard InChI is InChI=1S/C25H26BrClN2O4/c1-25(2,3)33-24(31)29-10-8-18(9-11-29)32-22-7-4-16(26)12-15(22)13-20-19-6-5-17(27)14-21(19)28-23(20)30/h4-7,12-14,18H,8-11H2,1-3H3,(H,28,30)/b20-13+. The highest BCUT2D eigenvalue weighted by atomic mass is 79.9. The topological polar surface area (TPSA) is 67.9 Å². The maximum atomic E-state index is 12.6. The molecule has 0 unspecified atom stereocenters. The van der Waals surface area contributed by atoms with E-state index < -0.39 is 5.60 Å². The molecule has 1 fully saturated rings. The Bertz CT molecular complexity index is 1120. The molecule has 0 aromatic heterocycles. The summed E-state index contributed by atoms with van der Waals surface area (Å²) >= 11 is 9.58. The van der Waals surface area contributed by atoms with Gasteiger partial charge < -0.3 is 19.7 Å². The molecule has 0 saturated carbocycles. The fourth-order valence-electron chi connectivity index (χ4n) is 3.87. The van der Waals surface area contributed by atoms with E-state index >= 15 is 0 Å². The minimum Gasteiger partial charge on any atom is -0.490 e. The first kappa shape index (κ1) is 23.6. The number of carbonyl (C=O) groups is 2. The normalized spacial score (nSPS) is 17.7. The molecule has 33 heavy (non-hydrogen) atoms. The number of ether oxygens (including phenoxy) is 2. The van der Waals surface area contributed by atoms with Crippen LogP contribution in [-0.4, -0.2) is 41.7 Å². The maximum absolute atomic E-state index is 12.6. The number of anilines is 1. The number of nitrogens with zero attached hydrogens (tertiary/aromatic N) is 1. The number of likely N-dealkylation sites (tertiary alicyclic amines) is 1. The average Bonchev–Trinajstić information content (AvgIpc) is 3.03. The van der Waals surface area contributed by atoms with Gasteiger partial charge in [0, 0.05) is 52.1 Å². The molecule has 0 aliphatic carbocycles. The first-order chi connectivity index (χ1) is 15.6. The van der Waals surface area contributed by atoms with Gasteiger partial charge in [0.2, 0.25) is 0 Å². The molecule has 6 nitrogen and oxygen atoms in total. The molecule has 2 aromatic rings. The Morgan fingerprint density at radius 1 is 1.18 bits per heavy atom. The van der Waals surface area contributed by atoms with Crippen LogP contribution in [0.15, 0.2) is 40.9 Å². The number of hydrogen-bond donors (Lipinski definition) is 1. The molecule has 2 heterocycles. The van der Waals surface area contributed by atoms with Crippen LogP contribution in [0.4, 0.5) is 10.5 Å². The van der Waals surface area contributed by atoms with Gasteiger partial charge in [-0.3, -0.25) is 4.79 Å². The molecule has 2 aliphatic rings. The molecule has 2 amide bonds. The fourth-order valence-corrected chi connectivity index (χ4v) is 4.42. The lowest BCUT2D eigenvalue weighted by Crippen LogP contribution is -2.44. The lowest BCUT2D eigenvalue weighted by Gasteiger charge is -2.33. The van der Waals surface area contributed by atoms with Crippen molar-refractivity contribution < 1.29 is 19.1 Å². The Morgan fingerprint density at radius 3 is 2.61 bits per heavy atom. The Balaban J connectivity index is 1.50. The van der Waals surface area contributed by atoms with Crippen LogP contribution >= 0.6 is 27.5 Å². The monoisotopic (exact) mass is 532 g/mol. The van der Waals surface area contributed by atoms with Crippen LogP contribution in [0, 0.1) is 0 Å². The Hall–Kier alpha value is -2.51. The van der Waals surface area contributed by atoms with Crippen molar-refractivity contribution in [1.82, 2.24) is 4.90 Å². The third-order valence-corrected chi connectivity index (χ3v) is 6.15. The zero-order valence-corrected chi connectivity index (χ0v) is 21.1. The second-order valence-electron chi connectivity index (χ2n) is 9.17. The van der Waals surface area contributed by atoms with Crippen molar-refractivity contribution in [2.75, 3.05) is 18.4 Å². The van der Waals surface area contributed by atoms with Crippen molar-refractivity contribution in [3.63, 3.8) is 0 Å². The third kappa shape index (κ3) is 5.71. The van der Waals surface area contributed by atoms with Gasteiger partial charge >= 0.3 is 6.09 Å². The van der Waals surface area contributed by atoms with E-state index in [1.54, 1.807) is 17.0 Å². The van der Waals surface area contributed by atoms with Crippen molar-refractivity contribution in [2.45, 2.75) is 45.3 Å². The molecule has 1 N–H and O–H groups in total. The number of piperidine rings is 1. The molecule has 0 bridgehead atoms. The van der Waals surface area contributed by atoms with Gasteiger partial charge in [0.05, 0.1) is 5.69 Å². The number of carbonyl (C=O) groups excluding carboxylic acids is 2. The van der Waals surface area contributed by atoms with Crippen LogP contribution in [0.2, 0.25) is 5.02 Å². The second kappa shape index (κ2) is 9.39. The van der Waals surface area contributed by atoms with Crippen molar-refractivity contribution >= 4 is 56.9 Å². The van der Waals surface area contributed by atoms with Crippen LogP contribution in [0.5, 0.6) is 5.75 Å². The molecule has 174 valence electrons. The largest absolute Gasteiger partial charge is 0.490 e. The Morgan fingerprint density at radius 2 is 1.91 bits per heavy atom. The smallest absolute Gasteiger partial charge is 0.410 e. The molecule has 0 atom stereocenters. The summed E-state index contributed by atoms with van der Waals surface area (Å²) in [5.74, 6) is 0.514. The number of rotatable bonds is 3. The zero-order valence-electron chi connectivity index (χ0n) is 18.8. The number of benzene rings is 2. The molecule has 2 aromatic carbocycles. The van der Waals surface area contributed by atoms with Crippen LogP contribution in [-0.2, 0) is 9.53 Å². The third-order valence-electron chi connectivity index (χ3n) is 5.42. The molecular weight excluding hydrogens is 508 g/mol. The SMILES string of the molecule is CC(C)(C)OC(=O)N1CCC(Oc2ccc(Br)cc2/C=C2/C(=O)Nc3cc(Cl)ccc32)CC1. The second-order valence-corrected chi connectivity index (χ2v) is 10.5. The minimum absolute atomic E-state index is 0.0366. The highest BCUT2D eigenvalue weighted by Gasteiger charge is 2.29. The molecule has 2 aliphatic heterocycles. The van der Waals surface area contributed by atoms with Gasteiger partial charge in [-0.1, -0.05) is 33.6 Å². The van der Waals surface area contributed by atoms with E-state index in [-0.39, 0.29) is 18.1 Å². The molecule has 0 spiro atoms. The van der Waals surface area contributed by atoms with E-state index in [1.165, 1.54) is 0 Å². The lowest BCUT2D eigenvalue weighted by atomic mass is 10.0. The summed E-state index contributed by atoms with van der Waals surface area (Å²) < 4.78 is 12.7. The van der Waals surface area contributed by atoms with E-state index in [2.05, 4.69) is 21.2 Å². The fraction of sp³-hybridized carbons (Fsp3) is 0.360. The molecule has 8 heteroatoms. The average molecular weight is 534 g/mol. The first-order valence-electron chi connectivity index (χ1n) is 10.9. The summed E-state index contributed by atoms with van der Waals surface area (Å²) in [7, 11) is 0. The van der Waals surface area contributed by atoms with Crippen molar-refractivity contribution in [3.8, 4) is 5.75 Å². The lowest BCUT2D eigenvalue weighted by molar-refractivity contribution is -0.110. The van der Waals surface area contributed by atoms with E-state index in [0.717, 1.165) is 15.6 Å². The van der Waals surface area contributed by atoms with Crippen molar-refractivity contribution in [2.24, 2.45) is 0 Å². The van der Waals surface area contributed by atoms with Gasteiger partial charge in [-0.15, -0.1) is 0 Å². The number of amides is 2. The zero-order chi connectivity index (χ0) is 23.8. The van der Waals surface area contributed by atoms with E-state index in [1.807, 2.05) is 51.1 Å². The van der Waals surface area contributed by atoms with Gasteiger partial charge in [-0.05, 0) is 57.2 Å². The predicted octanol–water partition coefficient (Wildman–Crippen LogP) is 6.37. The Kier molecular flexibility index (Phi) is 6.73. The Labute approximate surface area is 207 Å². The van der Waals surface area contributed by atoms with Crippen molar-refractivity contribution in [3.05, 3.63) is 57.0 Å².